The van der Waals surface area contributed by atoms with Crippen LogP contribution in [0.15, 0.2) is 29.1 Å². The second-order valence-electron chi connectivity index (χ2n) is 2.82. The second-order valence-corrected chi connectivity index (χ2v) is 3.23. The van der Waals surface area contributed by atoms with Crippen molar-refractivity contribution in [3.05, 3.63) is 29.7 Å². The summed E-state index contributed by atoms with van der Waals surface area (Å²) in [5.74, 6) is 0.284. The first-order valence-electron chi connectivity index (χ1n) is 4.22. The molecule has 7 heteroatoms. The molecule has 0 spiro atoms. The first kappa shape index (κ1) is 10.4. The summed E-state index contributed by atoms with van der Waals surface area (Å²) in [5, 5.41) is 10.9. The van der Waals surface area contributed by atoms with Gasteiger partial charge in [-0.2, -0.15) is 0 Å². The SMILES string of the molecule is O=C(O)Nc1cnc(-c2ncco2)c(Cl)c1. The molecule has 2 aromatic rings. The Morgan fingerprint density at radius 2 is 2.31 bits per heavy atom. The number of nitrogens with one attached hydrogen (secondary N) is 1. The van der Waals surface area contributed by atoms with Gasteiger partial charge < -0.3 is 9.52 Å². The Hall–Kier alpha value is -2.08. The number of carboxylic acid groups (broad SMARTS) is 1. The van der Waals surface area contributed by atoms with Crippen LogP contribution in [0.4, 0.5) is 10.5 Å². The van der Waals surface area contributed by atoms with Crippen molar-refractivity contribution in [2.75, 3.05) is 5.32 Å². The highest BCUT2D eigenvalue weighted by molar-refractivity contribution is 6.33. The summed E-state index contributed by atoms with van der Waals surface area (Å²) in [4.78, 5) is 18.2. The zero-order chi connectivity index (χ0) is 11.5. The van der Waals surface area contributed by atoms with Gasteiger partial charge >= 0.3 is 6.09 Å². The number of oxazole rings is 1. The van der Waals surface area contributed by atoms with Crippen LogP contribution in [0.25, 0.3) is 11.6 Å². The van der Waals surface area contributed by atoms with E-state index in [-0.39, 0.29) is 16.6 Å². The topological polar surface area (TPSA) is 88.2 Å². The minimum absolute atomic E-state index is 0.258. The average molecular weight is 240 g/mol. The van der Waals surface area contributed by atoms with Crippen LogP contribution in [0, 0.1) is 0 Å². The molecule has 82 valence electrons. The van der Waals surface area contributed by atoms with E-state index < -0.39 is 6.09 Å². The van der Waals surface area contributed by atoms with E-state index in [0.717, 1.165) is 0 Å². The lowest BCUT2D eigenvalue weighted by atomic mass is 10.3. The van der Waals surface area contributed by atoms with Gasteiger partial charge in [-0.15, -0.1) is 0 Å². The smallest absolute Gasteiger partial charge is 0.409 e. The summed E-state index contributed by atoms with van der Waals surface area (Å²) in [6, 6.07) is 1.43. The average Bonchev–Trinajstić information content (AvgIpc) is 2.69. The predicted molar refractivity (Wildman–Crippen MR) is 56.4 cm³/mol. The quantitative estimate of drug-likeness (QED) is 0.840. The summed E-state index contributed by atoms with van der Waals surface area (Å²) in [5.41, 5.74) is 0.649. The van der Waals surface area contributed by atoms with Gasteiger partial charge in [-0.25, -0.2) is 14.8 Å². The van der Waals surface area contributed by atoms with Gasteiger partial charge in [-0.05, 0) is 6.07 Å². The van der Waals surface area contributed by atoms with E-state index >= 15 is 0 Å². The third-order valence-electron chi connectivity index (χ3n) is 1.73. The maximum absolute atomic E-state index is 10.4. The van der Waals surface area contributed by atoms with Crippen LogP contribution in [0.1, 0.15) is 0 Å². The molecule has 0 unspecified atom stereocenters. The van der Waals surface area contributed by atoms with Crippen LogP contribution in [0.2, 0.25) is 5.02 Å². The fraction of sp³-hybridized carbons (Fsp3) is 0. The predicted octanol–water partition coefficient (Wildman–Crippen LogP) is 2.48. The number of anilines is 1. The lowest BCUT2D eigenvalue weighted by Crippen LogP contribution is -2.07. The number of rotatable bonds is 2. The molecule has 0 radical (unpaired) electrons. The highest BCUT2D eigenvalue weighted by Gasteiger charge is 2.10. The summed E-state index contributed by atoms with van der Waals surface area (Å²) in [6.45, 7) is 0. The first-order chi connectivity index (χ1) is 7.66. The minimum atomic E-state index is -1.18. The van der Waals surface area contributed by atoms with Gasteiger partial charge in [0.2, 0.25) is 5.89 Å². The van der Waals surface area contributed by atoms with E-state index in [1.54, 1.807) is 0 Å². The Kier molecular flexibility index (Phi) is 2.74. The number of hydrogen-bond acceptors (Lipinski definition) is 4. The summed E-state index contributed by atoms with van der Waals surface area (Å²) in [7, 11) is 0. The Balaban J connectivity index is 2.34. The van der Waals surface area contributed by atoms with E-state index in [0.29, 0.717) is 5.69 Å². The molecule has 0 aliphatic carbocycles. The molecule has 6 nitrogen and oxygen atoms in total. The molecular formula is C9H6ClN3O3. The van der Waals surface area contributed by atoms with Gasteiger partial charge in [0.05, 0.1) is 23.1 Å². The number of nitrogens with zero attached hydrogens (tertiary/aromatic N) is 2. The molecule has 2 rings (SSSR count). The van der Waals surface area contributed by atoms with Crippen LogP contribution in [-0.4, -0.2) is 21.2 Å². The van der Waals surface area contributed by atoms with E-state index in [4.69, 9.17) is 21.1 Å². The molecule has 2 heterocycles. The lowest BCUT2D eigenvalue weighted by Gasteiger charge is -2.02. The molecule has 2 N–H and O–H groups in total. The van der Waals surface area contributed by atoms with Gasteiger partial charge in [-0.3, -0.25) is 5.32 Å². The highest BCUT2D eigenvalue weighted by Crippen LogP contribution is 2.26. The molecule has 16 heavy (non-hydrogen) atoms. The van der Waals surface area contributed by atoms with E-state index in [9.17, 15) is 4.79 Å². The summed E-state index contributed by atoms with van der Waals surface area (Å²) in [6.07, 6.45) is 3.02. The number of hydrogen-bond donors (Lipinski definition) is 2. The van der Waals surface area contributed by atoms with Crippen LogP contribution < -0.4 is 5.32 Å². The van der Waals surface area contributed by atoms with E-state index in [2.05, 4.69) is 15.3 Å². The van der Waals surface area contributed by atoms with Crippen molar-refractivity contribution in [1.82, 2.24) is 9.97 Å². The fourth-order valence-corrected chi connectivity index (χ4v) is 1.37. The number of pyridine rings is 1. The molecule has 0 atom stereocenters. The van der Waals surface area contributed by atoms with Crippen molar-refractivity contribution in [2.24, 2.45) is 0 Å². The number of aromatic nitrogens is 2. The van der Waals surface area contributed by atoms with Gasteiger partial charge in [0.15, 0.2) is 0 Å². The van der Waals surface area contributed by atoms with Crippen LogP contribution >= 0.6 is 11.6 Å². The Morgan fingerprint density at radius 3 is 2.88 bits per heavy atom. The molecule has 0 aliphatic rings. The molecular weight excluding hydrogens is 234 g/mol. The normalized spacial score (nSPS) is 10.1. The van der Waals surface area contributed by atoms with Gasteiger partial charge in [0.25, 0.3) is 0 Å². The van der Waals surface area contributed by atoms with Crippen LogP contribution in [-0.2, 0) is 0 Å². The minimum Gasteiger partial charge on any atom is -0.465 e. The Bertz CT molecular complexity index is 513. The second kappa shape index (κ2) is 4.19. The zero-order valence-electron chi connectivity index (χ0n) is 7.85. The zero-order valence-corrected chi connectivity index (χ0v) is 8.60. The Labute approximate surface area is 94.9 Å². The van der Waals surface area contributed by atoms with Crippen molar-refractivity contribution in [3.63, 3.8) is 0 Å². The molecule has 0 bridgehead atoms. The van der Waals surface area contributed by atoms with E-state index in [1.807, 2.05) is 0 Å². The first-order valence-corrected chi connectivity index (χ1v) is 4.60. The third-order valence-corrected chi connectivity index (χ3v) is 2.02. The van der Waals surface area contributed by atoms with Gasteiger partial charge in [0, 0.05) is 0 Å². The van der Waals surface area contributed by atoms with Crippen LogP contribution in [0.5, 0.6) is 0 Å². The molecule has 2 aromatic heterocycles. The van der Waals surface area contributed by atoms with Crippen molar-refractivity contribution in [3.8, 4) is 11.6 Å². The van der Waals surface area contributed by atoms with Crippen LogP contribution in [0.3, 0.4) is 0 Å². The summed E-state index contributed by atoms with van der Waals surface area (Å²) < 4.78 is 5.03. The maximum Gasteiger partial charge on any atom is 0.409 e. The number of amides is 1. The van der Waals surface area contributed by atoms with Crippen molar-refractivity contribution in [2.45, 2.75) is 0 Å². The van der Waals surface area contributed by atoms with Gasteiger partial charge in [-0.1, -0.05) is 11.6 Å². The number of carbonyl (C=O) groups is 1. The molecule has 0 fully saturated rings. The Morgan fingerprint density at radius 1 is 1.50 bits per heavy atom. The standard InChI is InChI=1S/C9H6ClN3O3/c10-6-3-5(13-9(14)15)4-12-7(6)8-11-1-2-16-8/h1-4,13H,(H,14,15). The van der Waals surface area contributed by atoms with E-state index in [1.165, 1.54) is 24.7 Å². The van der Waals surface area contributed by atoms with Crippen molar-refractivity contribution >= 4 is 23.4 Å². The molecule has 1 amide bonds. The number of halogens is 1. The largest absolute Gasteiger partial charge is 0.465 e. The molecule has 0 saturated carbocycles. The van der Waals surface area contributed by atoms with Crippen molar-refractivity contribution < 1.29 is 14.3 Å². The third kappa shape index (κ3) is 2.12. The molecule has 0 saturated heterocycles. The molecule has 0 aliphatic heterocycles. The monoisotopic (exact) mass is 239 g/mol. The van der Waals surface area contributed by atoms with Gasteiger partial charge in [0.1, 0.15) is 12.0 Å². The fourth-order valence-electron chi connectivity index (χ4n) is 1.13. The molecule has 0 aromatic carbocycles. The highest BCUT2D eigenvalue weighted by atomic mass is 35.5. The summed E-state index contributed by atoms with van der Waals surface area (Å²) >= 11 is 5.91. The van der Waals surface area contributed by atoms with Crippen molar-refractivity contribution in [1.29, 1.82) is 0 Å². The lowest BCUT2D eigenvalue weighted by molar-refractivity contribution is 0.209. The maximum atomic E-state index is 10.4.